The van der Waals surface area contributed by atoms with E-state index >= 15 is 0 Å². The lowest BCUT2D eigenvalue weighted by molar-refractivity contribution is 0.0915. The van der Waals surface area contributed by atoms with Crippen LogP contribution in [0.2, 0.25) is 0 Å². The number of benzene rings is 2. The van der Waals surface area contributed by atoms with Gasteiger partial charge in [-0.15, -0.1) is 0 Å². The number of rotatable bonds is 12. The smallest absolute Gasteiger partial charge is 0.227 e. The number of hydrogen-bond acceptors (Lipinski definition) is 5. The number of aliphatic hydroxyl groups excluding tert-OH is 1. The molecule has 0 bridgehead atoms. The molecule has 0 fully saturated rings. The topological polar surface area (TPSA) is 63.7 Å². The second-order valence-electron chi connectivity index (χ2n) is 8.72. The van der Waals surface area contributed by atoms with E-state index in [0.29, 0.717) is 31.3 Å². The Kier molecular flexibility index (Phi) is 8.34. The predicted molar refractivity (Wildman–Crippen MR) is 133 cm³/mol. The van der Waals surface area contributed by atoms with E-state index in [9.17, 15) is 9.50 Å². The zero-order chi connectivity index (χ0) is 24.6. The average molecular weight is 478 g/mol. The molecule has 35 heavy (non-hydrogen) atoms. The maximum Gasteiger partial charge on any atom is 0.227 e. The number of hydrogen-bond donors (Lipinski definition) is 1. The normalized spacial score (nSPS) is 12.3. The van der Waals surface area contributed by atoms with Gasteiger partial charge in [0.25, 0.3) is 0 Å². The number of halogens is 1. The molecule has 0 aliphatic rings. The Morgan fingerprint density at radius 3 is 2.63 bits per heavy atom. The van der Waals surface area contributed by atoms with Crippen LogP contribution >= 0.6 is 0 Å². The van der Waals surface area contributed by atoms with Gasteiger partial charge in [0.05, 0.1) is 35.9 Å². The van der Waals surface area contributed by atoms with Crippen LogP contribution in [-0.2, 0) is 13.1 Å². The summed E-state index contributed by atoms with van der Waals surface area (Å²) in [6, 6.07) is 19.6. The zero-order valence-corrected chi connectivity index (χ0v) is 20.2. The molecule has 0 saturated heterocycles. The number of aryl methyl sites for hydroxylation is 1. The van der Waals surface area contributed by atoms with Gasteiger partial charge in [0.2, 0.25) is 5.88 Å². The molecule has 2 heterocycles. The van der Waals surface area contributed by atoms with Crippen molar-refractivity contribution < 1.29 is 18.7 Å². The first kappa shape index (κ1) is 24.7. The SMILES string of the molecule is CCCCC(O)CN(Cc1ccco1)Cc1c(C)nn(-c2ccccc2)c1Oc1cccc(F)c1. The van der Waals surface area contributed by atoms with Crippen LogP contribution in [0.5, 0.6) is 11.6 Å². The molecule has 2 aromatic carbocycles. The van der Waals surface area contributed by atoms with Gasteiger partial charge in [-0.2, -0.15) is 5.10 Å². The van der Waals surface area contributed by atoms with Gasteiger partial charge in [0.15, 0.2) is 0 Å². The molecular weight excluding hydrogens is 445 g/mol. The summed E-state index contributed by atoms with van der Waals surface area (Å²) in [5, 5.41) is 15.4. The molecule has 1 atom stereocenters. The third kappa shape index (κ3) is 6.59. The van der Waals surface area contributed by atoms with Crippen molar-refractivity contribution in [3.05, 3.63) is 95.8 Å². The minimum atomic E-state index is -0.457. The highest BCUT2D eigenvalue weighted by atomic mass is 19.1. The third-order valence-corrected chi connectivity index (χ3v) is 5.85. The molecule has 1 N–H and O–H groups in total. The highest BCUT2D eigenvalue weighted by Crippen LogP contribution is 2.32. The van der Waals surface area contributed by atoms with Gasteiger partial charge < -0.3 is 14.3 Å². The van der Waals surface area contributed by atoms with Crippen LogP contribution in [0, 0.1) is 12.7 Å². The van der Waals surface area contributed by atoms with Crippen LogP contribution in [0.3, 0.4) is 0 Å². The highest BCUT2D eigenvalue weighted by molar-refractivity contribution is 5.43. The van der Waals surface area contributed by atoms with Gasteiger partial charge in [-0.05, 0) is 49.7 Å². The molecule has 4 aromatic rings. The summed E-state index contributed by atoms with van der Waals surface area (Å²) < 4.78 is 27.5. The van der Waals surface area contributed by atoms with Gasteiger partial charge in [-0.25, -0.2) is 9.07 Å². The predicted octanol–water partition coefficient (Wildman–Crippen LogP) is 6.26. The van der Waals surface area contributed by atoms with Gasteiger partial charge >= 0.3 is 0 Å². The summed E-state index contributed by atoms with van der Waals surface area (Å²) in [6.45, 7) is 5.55. The molecule has 0 aliphatic heterocycles. The maximum atomic E-state index is 13.9. The highest BCUT2D eigenvalue weighted by Gasteiger charge is 2.23. The monoisotopic (exact) mass is 477 g/mol. The number of unbranched alkanes of at least 4 members (excludes halogenated alkanes) is 1. The van der Waals surface area contributed by atoms with Crippen LogP contribution in [0.15, 0.2) is 77.4 Å². The molecule has 1 unspecified atom stereocenters. The summed E-state index contributed by atoms with van der Waals surface area (Å²) in [5.74, 6) is 1.36. The van der Waals surface area contributed by atoms with E-state index in [-0.39, 0.29) is 5.82 Å². The fraction of sp³-hybridized carbons (Fsp3) is 0.321. The van der Waals surface area contributed by atoms with Crippen LogP contribution in [-0.4, -0.2) is 32.4 Å². The summed E-state index contributed by atoms with van der Waals surface area (Å²) >= 11 is 0. The van der Waals surface area contributed by atoms with Gasteiger partial charge in [-0.3, -0.25) is 4.90 Å². The van der Waals surface area contributed by atoms with Gasteiger partial charge in [0, 0.05) is 19.2 Å². The Morgan fingerprint density at radius 1 is 1.09 bits per heavy atom. The molecule has 4 rings (SSSR count). The van der Waals surface area contributed by atoms with Gasteiger partial charge in [-0.1, -0.05) is 44.0 Å². The van der Waals surface area contributed by atoms with Crippen LogP contribution in [0.25, 0.3) is 5.69 Å². The molecule has 0 saturated carbocycles. The molecule has 0 radical (unpaired) electrons. The fourth-order valence-electron chi connectivity index (χ4n) is 4.07. The number of ether oxygens (including phenoxy) is 1. The minimum Gasteiger partial charge on any atom is -0.468 e. The van der Waals surface area contributed by atoms with Crippen LogP contribution in [0.4, 0.5) is 4.39 Å². The summed E-state index contributed by atoms with van der Waals surface area (Å²) in [7, 11) is 0. The third-order valence-electron chi connectivity index (χ3n) is 5.85. The summed E-state index contributed by atoms with van der Waals surface area (Å²) in [4.78, 5) is 2.14. The molecule has 7 heteroatoms. The van der Waals surface area contributed by atoms with Crippen molar-refractivity contribution in [3.63, 3.8) is 0 Å². The number of nitrogens with zero attached hydrogens (tertiary/aromatic N) is 3. The number of furan rings is 1. The van der Waals surface area contributed by atoms with E-state index in [1.165, 1.54) is 12.1 Å². The van der Waals surface area contributed by atoms with E-state index in [1.54, 1.807) is 23.1 Å². The van der Waals surface area contributed by atoms with E-state index < -0.39 is 6.10 Å². The molecule has 2 aromatic heterocycles. The van der Waals surface area contributed by atoms with Crippen molar-refractivity contribution >= 4 is 0 Å². The lowest BCUT2D eigenvalue weighted by atomic mass is 10.1. The van der Waals surface area contributed by atoms with Crippen molar-refractivity contribution in [1.82, 2.24) is 14.7 Å². The average Bonchev–Trinajstić information content (AvgIpc) is 3.47. The fourth-order valence-corrected chi connectivity index (χ4v) is 4.07. The van der Waals surface area contributed by atoms with Crippen molar-refractivity contribution in [3.8, 4) is 17.3 Å². The second-order valence-corrected chi connectivity index (χ2v) is 8.72. The number of aliphatic hydroxyl groups is 1. The van der Waals surface area contributed by atoms with Gasteiger partial charge in [0.1, 0.15) is 17.3 Å². The van der Waals surface area contributed by atoms with E-state index in [4.69, 9.17) is 14.3 Å². The Hall–Kier alpha value is -3.42. The van der Waals surface area contributed by atoms with E-state index in [1.807, 2.05) is 49.4 Å². The largest absolute Gasteiger partial charge is 0.468 e. The lowest BCUT2D eigenvalue weighted by Crippen LogP contribution is -2.32. The van der Waals surface area contributed by atoms with E-state index in [2.05, 4.69) is 11.8 Å². The zero-order valence-electron chi connectivity index (χ0n) is 20.2. The van der Waals surface area contributed by atoms with E-state index in [0.717, 1.165) is 42.0 Å². The molecule has 184 valence electrons. The molecular formula is C28H32FN3O3. The Labute approximate surface area is 205 Å². The summed E-state index contributed by atoms with van der Waals surface area (Å²) in [5.41, 5.74) is 2.51. The standard InChI is InChI=1S/C28H32FN3O3/c1-3-4-13-24(33)18-31(19-26-15-9-16-34-26)20-27-21(2)30-32(23-11-6-5-7-12-23)28(27)35-25-14-8-10-22(29)17-25/h5-12,14-17,24,33H,3-4,13,18-20H2,1-2H3. The summed E-state index contributed by atoms with van der Waals surface area (Å²) in [6.07, 6.45) is 3.93. The Bertz CT molecular complexity index is 1190. The van der Waals surface area contributed by atoms with Crippen LogP contribution < -0.4 is 4.74 Å². The lowest BCUT2D eigenvalue weighted by Gasteiger charge is -2.24. The molecule has 0 amide bonds. The Morgan fingerprint density at radius 2 is 1.91 bits per heavy atom. The minimum absolute atomic E-state index is 0.370. The van der Waals surface area contributed by atoms with Crippen molar-refractivity contribution in [1.29, 1.82) is 0 Å². The number of aromatic nitrogens is 2. The maximum absolute atomic E-state index is 13.9. The number of para-hydroxylation sites is 1. The van der Waals surface area contributed by atoms with Crippen molar-refractivity contribution in [2.75, 3.05) is 6.54 Å². The molecule has 0 spiro atoms. The first-order valence-corrected chi connectivity index (χ1v) is 12.0. The van der Waals surface area contributed by atoms with Crippen molar-refractivity contribution in [2.24, 2.45) is 0 Å². The molecule has 6 nitrogen and oxygen atoms in total. The van der Waals surface area contributed by atoms with Crippen LogP contribution in [0.1, 0.15) is 43.2 Å². The first-order chi connectivity index (χ1) is 17.0. The quantitative estimate of drug-likeness (QED) is 0.261. The van der Waals surface area contributed by atoms with Crippen molar-refractivity contribution in [2.45, 2.75) is 52.3 Å². The first-order valence-electron chi connectivity index (χ1n) is 12.0. The molecule has 0 aliphatic carbocycles. The Balaban J connectivity index is 1.69. The second kappa shape index (κ2) is 11.8.